The SMILES string of the molecule is COC(=O)C[C@@H](N)c1c(F)cc(C(F)(F)F)cc1C(F)(F)F.Cl. The number of hydrogen-bond donors (Lipinski definition) is 1. The molecule has 1 rings (SSSR count). The topological polar surface area (TPSA) is 52.3 Å². The Morgan fingerprint density at radius 2 is 1.70 bits per heavy atom. The summed E-state index contributed by atoms with van der Waals surface area (Å²) in [6.45, 7) is 0. The molecule has 0 bridgehead atoms. The second-order valence-electron chi connectivity index (χ2n) is 4.30. The minimum atomic E-state index is -5.27. The number of carbonyl (C=O) groups is 1. The molecule has 0 saturated heterocycles. The molecule has 0 radical (unpaired) electrons. The van der Waals surface area contributed by atoms with Crippen LogP contribution in [0.4, 0.5) is 30.7 Å². The number of methoxy groups -OCH3 is 1. The summed E-state index contributed by atoms with van der Waals surface area (Å²) in [4.78, 5) is 11.0. The molecule has 0 unspecified atom stereocenters. The summed E-state index contributed by atoms with van der Waals surface area (Å²) in [6, 6.07) is -2.14. The predicted molar refractivity (Wildman–Crippen MR) is 67.2 cm³/mol. The molecule has 0 aliphatic heterocycles. The van der Waals surface area contributed by atoms with Crippen molar-refractivity contribution in [3.63, 3.8) is 0 Å². The minimum absolute atomic E-state index is 0. The van der Waals surface area contributed by atoms with Gasteiger partial charge in [0.1, 0.15) is 5.82 Å². The van der Waals surface area contributed by atoms with Crippen LogP contribution < -0.4 is 5.73 Å². The molecule has 1 aromatic carbocycles. The molecule has 0 amide bonds. The predicted octanol–water partition coefficient (Wildman–Crippen LogP) is 3.85. The quantitative estimate of drug-likeness (QED) is 0.650. The summed E-state index contributed by atoms with van der Waals surface area (Å²) in [5, 5.41) is 0. The zero-order chi connectivity index (χ0) is 17.3. The standard InChI is InChI=1S/C12H10F7NO2.ClH/c1-22-9(21)4-8(20)10-6(12(17,18)19)2-5(3-7(10)13)11(14,15)16;/h2-3,8H,4,20H2,1H3;1H/t8-;/m1./s1. The second kappa shape index (κ2) is 7.35. The van der Waals surface area contributed by atoms with Crippen LogP contribution in [0.3, 0.4) is 0 Å². The van der Waals surface area contributed by atoms with Crippen LogP contribution in [0, 0.1) is 5.82 Å². The van der Waals surface area contributed by atoms with Crippen LogP contribution in [-0.2, 0) is 21.9 Å². The molecule has 0 fully saturated rings. The van der Waals surface area contributed by atoms with Crippen LogP contribution in [0.5, 0.6) is 0 Å². The number of hydrogen-bond acceptors (Lipinski definition) is 3. The van der Waals surface area contributed by atoms with Gasteiger partial charge in [-0.1, -0.05) is 0 Å². The van der Waals surface area contributed by atoms with E-state index in [4.69, 9.17) is 5.73 Å². The third-order valence-corrected chi connectivity index (χ3v) is 2.75. The summed E-state index contributed by atoms with van der Waals surface area (Å²) >= 11 is 0. The van der Waals surface area contributed by atoms with Gasteiger partial charge >= 0.3 is 18.3 Å². The van der Waals surface area contributed by atoms with Gasteiger partial charge in [-0.3, -0.25) is 4.79 Å². The van der Waals surface area contributed by atoms with Crippen molar-refractivity contribution in [3.05, 3.63) is 34.6 Å². The third-order valence-electron chi connectivity index (χ3n) is 2.75. The molecular formula is C12H11ClF7NO2. The average molecular weight is 370 g/mol. The first-order valence-corrected chi connectivity index (χ1v) is 5.68. The van der Waals surface area contributed by atoms with Crippen molar-refractivity contribution in [2.24, 2.45) is 5.73 Å². The molecule has 11 heteroatoms. The number of rotatable bonds is 3. The Bertz CT molecular complexity index is 572. The van der Waals surface area contributed by atoms with E-state index in [0.717, 1.165) is 7.11 Å². The van der Waals surface area contributed by atoms with E-state index < -0.39 is 53.3 Å². The monoisotopic (exact) mass is 369 g/mol. The first kappa shape index (κ1) is 21.4. The van der Waals surface area contributed by atoms with Gasteiger partial charge in [-0.25, -0.2) is 4.39 Å². The molecule has 23 heavy (non-hydrogen) atoms. The summed E-state index contributed by atoms with van der Waals surface area (Å²) in [6.07, 6.45) is -11.3. The Kier molecular flexibility index (Phi) is 6.85. The van der Waals surface area contributed by atoms with Gasteiger partial charge in [-0.15, -0.1) is 12.4 Å². The molecule has 0 saturated carbocycles. The number of nitrogens with two attached hydrogens (primary N) is 1. The van der Waals surface area contributed by atoms with Crippen LogP contribution in [0.25, 0.3) is 0 Å². The van der Waals surface area contributed by atoms with Crippen molar-refractivity contribution in [1.29, 1.82) is 0 Å². The molecule has 132 valence electrons. The summed E-state index contributed by atoms with van der Waals surface area (Å²) in [5.41, 5.74) is 0.412. The lowest BCUT2D eigenvalue weighted by atomic mass is 9.95. The number of carbonyl (C=O) groups excluding carboxylic acids is 1. The van der Waals surface area contributed by atoms with E-state index in [1.54, 1.807) is 0 Å². The highest BCUT2D eigenvalue weighted by Gasteiger charge is 2.41. The largest absolute Gasteiger partial charge is 0.469 e. The maximum absolute atomic E-state index is 13.7. The molecule has 0 aromatic heterocycles. The van der Waals surface area contributed by atoms with Gasteiger partial charge < -0.3 is 10.5 Å². The number of ether oxygens (including phenoxy) is 1. The van der Waals surface area contributed by atoms with Gasteiger partial charge in [0, 0.05) is 11.6 Å². The lowest BCUT2D eigenvalue weighted by molar-refractivity contribution is -0.145. The van der Waals surface area contributed by atoms with E-state index in [2.05, 4.69) is 4.74 Å². The zero-order valence-electron chi connectivity index (χ0n) is 11.4. The van der Waals surface area contributed by atoms with Gasteiger partial charge in [-0.2, -0.15) is 26.3 Å². The van der Waals surface area contributed by atoms with Crippen LogP contribution in [0.2, 0.25) is 0 Å². The van der Waals surface area contributed by atoms with Crippen molar-refractivity contribution in [3.8, 4) is 0 Å². The fourth-order valence-electron chi connectivity index (χ4n) is 1.76. The Morgan fingerprint density at radius 1 is 1.17 bits per heavy atom. The van der Waals surface area contributed by atoms with Crippen LogP contribution in [0.1, 0.15) is 29.2 Å². The highest BCUT2D eigenvalue weighted by Crippen LogP contribution is 2.40. The molecule has 0 aliphatic rings. The van der Waals surface area contributed by atoms with Gasteiger partial charge in [0.15, 0.2) is 0 Å². The molecule has 1 atom stereocenters. The third kappa shape index (κ3) is 5.24. The number of halogens is 8. The Hall–Kier alpha value is -1.55. The van der Waals surface area contributed by atoms with E-state index in [1.165, 1.54) is 0 Å². The molecule has 2 N–H and O–H groups in total. The fourth-order valence-corrected chi connectivity index (χ4v) is 1.76. The normalized spacial score (nSPS) is 13.3. The van der Waals surface area contributed by atoms with E-state index in [0.29, 0.717) is 0 Å². The minimum Gasteiger partial charge on any atom is -0.469 e. The maximum Gasteiger partial charge on any atom is 0.416 e. The van der Waals surface area contributed by atoms with E-state index in [1.807, 2.05) is 0 Å². The fraction of sp³-hybridized carbons (Fsp3) is 0.417. The van der Waals surface area contributed by atoms with Gasteiger partial charge in [0.2, 0.25) is 0 Å². The van der Waals surface area contributed by atoms with E-state index in [9.17, 15) is 35.5 Å². The van der Waals surface area contributed by atoms with Crippen molar-refractivity contribution in [2.75, 3.05) is 7.11 Å². The smallest absolute Gasteiger partial charge is 0.416 e. The Morgan fingerprint density at radius 3 is 2.09 bits per heavy atom. The van der Waals surface area contributed by atoms with Crippen molar-refractivity contribution in [1.82, 2.24) is 0 Å². The van der Waals surface area contributed by atoms with Gasteiger partial charge in [0.05, 0.1) is 24.7 Å². The Labute approximate surface area is 132 Å². The second-order valence-corrected chi connectivity index (χ2v) is 4.30. The lowest BCUT2D eigenvalue weighted by Crippen LogP contribution is -2.23. The van der Waals surface area contributed by atoms with Crippen LogP contribution in [0.15, 0.2) is 12.1 Å². The first-order valence-electron chi connectivity index (χ1n) is 5.68. The van der Waals surface area contributed by atoms with Crippen molar-refractivity contribution < 1.29 is 40.3 Å². The Balaban J connectivity index is 0.00000484. The molecule has 1 aromatic rings. The number of benzene rings is 1. The van der Waals surface area contributed by atoms with Gasteiger partial charge in [-0.05, 0) is 12.1 Å². The number of esters is 1. The van der Waals surface area contributed by atoms with Crippen molar-refractivity contribution in [2.45, 2.75) is 24.8 Å². The summed E-state index contributed by atoms with van der Waals surface area (Å²) < 4.78 is 94.0. The maximum atomic E-state index is 13.7. The molecule has 0 aliphatic carbocycles. The van der Waals surface area contributed by atoms with Crippen molar-refractivity contribution >= 4 is 18.4 Å². The zero-order valence-corrected chi connectivity index (χ0v) is 12.2. The van der Waals surface area contributed by atoms with Crippen LogP contribution >= 0.6 is 12.4 Å². The summed E-state index contributed by atoms with van der Waals surface area (Å²) in [7, 11) is 0.933. The van der Waals surface area contributed by atoms with E-state index >= 15 is 0 Å². The molecule has 3 nitrogen and oxygen atoms in total. The highest BCUT2D eigenvalue weighted by molar-refractivity contribution is 5.85. The molecule has 0 spiro atoms. The van der Waals surface area contributed by atoms with Crippen LogP contribution in [-0.4, -0.2) is 13.1 Å². The van der Waals surface area contributed by atoms with Gasteiger partial charge in [0.25, 0.3) is 0 Å². The average Bonchev–Trinajstić information content (AvgIpc) is 2.35. The molecular weight excluding hydrogens is 359 g/mol. The highest BCUT2D eigenvalue weighted by atomic mass is 35.5. The number of alkyl halides is 6. The lowest BCUT2D eigenvalue weighted by Gasteiger charge is -2.20. The van der Waals surface area contributed by atoms with E-state index in [-0.39, 0.29) is 24.5 Å². The first-order chi connectivity index (χ1) is 9.87. The summed E-state index contributed by atoms with van der Waals surface area (Å²) in [5.74, 6) is -2.82. The molecule has 0 heterocycles.